The van der Waals surface area contributed by atoms with Crippen molar-refractivity contribution in [1.82, 2.24) is 0 Å². The summed E-state index contributed by atoms with van der Waals surface area (Å²) >= 11 is 8.52. The van der Waals surface area contributed by atoms with Gasteiger partial charge in [0, 0.05) is 0 Å². The van der Waals surface area contributed by atoms with Crippen LogP contribution >= 0.6 is 49.6 Å². The summed E-state index contributed by atoms with van der Waals surface area (Å²) in [6.07, 6.45) is 0. The Labute approximate surface area is 117 Å². The van der Waals surface area contributed by atoms with Crippen LogP contribution in [0.4, 0.5) is 0 Å². The molecule has 0 fully saturated rings. The molecule has 2 aliphatic heterocycles. The molecule has 0 nitrogen and oxygen atoms in total. The van der Waals surface area contributed by atoms with Gasteiger partial charge in [-0.15, -0.1) is 0 Å². The Morgan fingerprint density at radius 1 is 0.529 bits per heavy atom. The maximum atomic E-state index is 2.26. The second-order valence-electron chi connectivity index (χ2n) is 3.80. The molecular formula is C12H9PS4. The van der Waals surface area contributed by atoms with Gasteiger partial charge >= 0.3 is 118 Å². The zero-order valence-electron chi connectivity index (χ0n) is 8.75. The quantitative estimate of drug-likeness (QED) is 0.531. The van der Waals surface area contributed by atoms with Crippen LogP contribution in [0, 0.1) is 0 Å². The summed E-state index contributed by atoms with van der Waals surface area (Å²) in [7, 11) is 0. The number of hydrogen-bond acceptors (Lipinski definition) is 4. The van der Waals surface area contributed by atoms with Crippen molar-refractivity contribution in [3.8, 4) is 0 Å². The predicted octanol–water partition coefficient (Wildman–Crippen LogP) is 6.19. The minimum absolute atomic E-state index is 1.41. The van der Waals surface area contributed by atoms with Crippen molar-refractivity contribution in [3.63, 3.8) is 0 Å². The van der Waals surface area contributed by atoms with Crippen LogP contribution < -0.4 is 0 Å². The van der Waals surface area contributed by atoms with Gasteiger partial charge in [-0.2, -0.15) is 0 Å². The van der Waals surface area contributed by atoms with Crippen LogP contribution in [0.1, 0.15) is 0 Å². The Balaban J connectivity index is 1.72. The SMILES string of the molecule is c1ccc2c(c1)S[PH]1(S2)Sc2ccccc2S1. The topological polar surface area (TPSA) is 0 Å². The van der Waals surface area contributed by atoms with Crippen molar-refractivity contribution in [2.24, 2.45) is 0 Å². The van der Waals surface area contributed by atoms with Crippen molar-refractivity contribution < 1.29 is 0 Å². The van der Waals surface area contributed by atoms with Gasteiger partial charge in [0.25, 0.3) is 0 Å². The third kappa shape index (κ3) is 1.85. The van der Waals surface area contributed by atoms with Gasteiger partial charge in [0.2, 0.25) is 0 Å². The molecule has 0 bridgehead atoms. The molecule has 0 unspecified atom stereocenters. The third-order valence-electron chi connectivity index (χ3n) is 2.64. The molecule has 5 heteroatoms. The molecule has 0 radical (unpaired) electrons. The molecule has 2 heterocycles. The van der Waals surface area contributed by atoms with Gasteiger partial charge in [-0.3, -0.25) is 0 Å². The molecule has 2 aromatic rings. The molecule has 0 aliphatic carbocycles. The normalized spacial score (nSPS) is 21.2. The van der Waals surface area contributed by atoms with Gasteiger partial charge in [-0.25, -0.2) is 0 Å². The van der Waals surface area contributed by atoms with Crippen LogP contribution in [-0.2, 0) is 0 Å². The second-order valence-corrected chi connectivity index (χ2v) is 21.8. The predicted molar refractivity (Wildman–Crippen MR) is 84.6 cm³/mol. The summed E-state index contributed by atoms with van der Waals surface area (Å²) in [4.78, 5) is 5.93. The molecular weight excluding hydrogens is 303 g/mol. The zero-order valence-corrected chi connectivity index (χ0v) is 13.0. The second kappa shape index (κ2) is 4.14. The van der Waals surface area contributed by atoms with Crippen LogP contribution in [0.25, 0.3) is 0 Å². The van der Waals surface area contributed by atoms with Gasteiger partial charge in [-0.1, -0.05) is 0 Å². The van der Waals surface area contributed by atoms with E-state index in [4.69, 9.17) is 0 Å². The first-order valence-electron chi connectivity index (χ1n) is 5.29. The maximum absolute atomic E-state index is 2.26. The molecule has 0 amide bonds. The Bertz CT molecular complexity index is 492. The first kappa shape index (κ1) is 11.1. The Morgan fingerprint density at radius 3 is 1.12 bits per heavy atom. The van der Waals surface area contributed by atoms with E-state index in [0.717, 1.165) is 0 Å². The van der Waals surface area contributed by atoms with Crippen LogP contribution in [0.15, 0.2) is 68.1 Å². The van der Waals surface area contributed by atoms with E-state index < -0.39 is 4.07 Å². The van der Waals surface area contributed by atoms with Gasteiger partial charge in [0.1, 0.15) is 0 Å². The van der Waals surface area contributed by atoms with Crippen LogP contribution in [0.5, 0.6) is 0 Å². The zero-order chi connectivity index (χ0) is 11.3. The van der Waals surface area contributed by atoms with E-state index in [1.54, 1.807) is 0 Å². The molecule has 2 aliphatic rings. The van der Waals surface area contributed by atoms with E-state index in [1.807, 2.05) is 0 Å². The molecule has 4 rings (SSSR count). The number of rotatable bonds is 0. The average molecular weight is 312 g/mol. The molecule has 0 aromatic heterocycles. The van der Waals surface area contributed by atoms with Crippen LogP contribution in [-0.4, -0.2) is 0 Å². The summed E-state index contributed by atoms with van der Waals surface area (Å²) in [6, 6.07) is 17.7. The van der Waals surface area contributed by atoms with Crippen molar-refractivity contribution in [2.45, 2.75) is 19.6 Å². The van der Waals surface area contributed by atoms with E-state index in [9.17, 15) is 0 Å². The number of benzene rings is 2. The average Bonchev–Trinajstić information content (AvgIpc) is 2.87. The van der Waals surface area contributed by atoms with Crippen molar-refractivity contribution in [2.75, 3.05) is 0 Å². The number of fused-ring (bicyclic) bond motifs is 2. The van der Waals surface area contributed by atoms with Crippen molar-refractivity contribution in [3.05, 3.63) is 48.5 Å². The molecule has 17 heavy (non-hydrogen) atoms. The molecule has 2 aromatic carbocycles. The fraction of sp³-hybridized carbons (Fsp3) is 0. The summed E-state index contributed by atoms with van der Waals surface area (Å²) in [5.74, 6) is 0. The molecule has 0 saturated carbocycles. The van der Waals surface area contributed by atoms with Gasteiger partial charge in [0.05, 0.1) is 0 Å². The third-order valence-corrected chi connectivity index (χ3v) is 20.8. The summed E-state index contributed by atoms with van der Waals surface area (Å²) in [6.45, 7) is 0. The molecule has 1 spiro atoms. The Hall–Kier alpha value is 0.270. The Morgan fingerprint density at radius 2 is 0.824 bits per heavy atom. The monoisotopic (exact) mass is 312 g/mol. The summed E-state index contributed by atoms with van der Waals surface area (Å²) < 4.78 is -1.41. The van der Waals surface area contributed by atoms with Crippen molar-refractivity contribution >= 4 is 49.6 Å². The number of hydrogen-bond donors (Lipinski definition) is 0. The first-order valence-corrected chi connectivity index (χ1v) is 13.5. The molecule has 0 atom stereocenters. The van der Waals surface area contributed by atoms with E-state index in [0.29, 0.717) is 0 Å². The minimum atomic E-state index is -1.41. The molecule has 0 saturated heterocycles. The summed E-state index contributed by atoms with van der Waals surface area (Å²) in [5, 5.41) is 0. The van der Waals surface area contributed by atoms with E-state index in [1.165, 1.54) is 19.6 Å². The Kier molecular flexibility index (Phi) is 2.71. The van der Waals surface area contributed by atoms with Crippen LogP contribution in [0.2, 0.25) is 0 Å². The van der Waals surface area contributed by atoms with Gasteiger partial charge < -0.3 is 0 Å². The van der Waals surface area contributed by atoms with E-state index in [2.05, 4.69) is 94.1 Å². The van der Waals surface area contributed by atoms with E-state index >= 15 is 0 Å². The fourth-order valence-electron chi connectivity index (χ4n) is 1.90. The van der Waals surface area contributed by atoms with Crippen molar-refractivity contribution in [1.29, 1.82) is 0 Å². The molecule has 0 N–H and O–H groups in total. The van der Waals surface area contributed by atoms with Gasteiger partial charge in [-0.05, 0) is 0 Å². The molecule has 86 valence electrons. The summed E-state index contributed by atoms with van der Waals surface area (Å²) in [5.41, 5.74) is 0. The van der Waals surface area contributed by atoms with Gasteiger partial charge in [0.15, 0.2) is 0 Å². The standard InChI is InChI=1S/C12H9PS4/c1-2-6-10-9(5-1)14-13(15-10)16-11-7-3-4-8-12(11)17-13/h1-8,13H. The van der Waals surface area contributed by atoms with E-state index in [-0.39, 0.29) is 0 Å². The first-order chi connectivity index (χ1) is 8.35. The van der Waals surface area contributed by atoms with Crippen LogP contribution in [0.3, 0.4) is 0 Å². The fourth-order valence-corrected chi connectivity index (χ4v) is 23.9.